The van der Waals surface area contributed by atoms with Crippen LogP contribution in [0.2, 0.25) is 0 Å². The summed E-state index contributed by atoms with van der Waals surface area (Å²) in [5.74, 6) is -0.152. The molecule has 0 radical (unpaired) electrons. The number of carbonyl (C=O) groups is 2. The van der Waals surface area contributed by atoms with Crippen LogP contribution in [0.15, 0.2) is 41.1 Å². The highest BCUT2D eigenvalue weighted by atomic mass is 16.3. The van der Waals surface area contributed by atoms with Crippen molar-refractivity contribution in [2.45, 2.75) is 32.2 Å². The third-order valence-electron chi connectivity index (χ3n) is 4.06. The number of likely N-dealkylation sites (tertiary alicyclic amines) is 1. The van der Waals surface area contributed by atoms with E-state index < -0.39 is 6.04 Å². The minimum absolute atomic E-state index is 0.180. The fraction of sp³-hybridized carbons (Fsp3) is 0.353. The van der Waals surface area contributed by atoms with Crippen molar-refractivity contribution >= 4 is 17.5 Å². The molecule has 1 atom stereocenters. The molecule has 120 valence electrons. The Balaban J connectivity index is 1.77. The maximum atomic E-state index is 12.6. The van der Waals surface area contributed by atoms with E-state index in [1.165, 1.54) is 6.26 Å². The van der Waals surface area contributed by atoms with Crippen LogP contribution in [0, 0.1) is 6.92 Å². The Bertz CT molecular complexity index is 697. The van der Waals surface area contributed by atoms with Crippen LogP contribution >= 0.6 is 0 Å². The highest BCUT2D eigenvalue weighted by Crippen LogP contribution is 2.22. The number of carbonyl (C=O) groups excluding carboxylic acids is 2. The summed E-state index contributed by atoms with van der Waals surface area (Å²) < 4.78 is 5.18. The minimum atomic E-state index is -0.485. The Kier molecular flexibility index (Phi) is 4.41. The van der Waals surface area contributed by atoms with E-state index in [1.807, 2.05) is 13.0 Å². The van der Waals surface area contributed by atoms with E-state index >= 15 is 0 Å². The van der Waals surface area contributed by atoms with E-state index in [1.54, 1.807) is 29.3 Å². The van der Waals surface area contributed by atoms with Crippen LogP contribution in [0.5, 0.6) is 0 Å². The van der Waals surface area contributed by atoms with Gasteiger partial charge in [0.2, 0.25) is 5.91 Å². The molecule has 2 aromatic heterocycles. The monoisotopic (exact) mass is 313 g/mol. The van der Waals surface area contributed by atoms with E-state index in [4.69, 9.17) is 4.42 Å². The summed E-state index contributed by atoms with van der Waals surface area (Å²) in [6.07, 6.45) is 5.61. The second-order valence-electron chi connectivity index (χ2n) is 5.61. The van der Waals surface area contributed by atoms with Crippen molar-refractivity contribution in [2.75, 3.05) is 11.9 Å². The lowest BCUT2D eigenvalue weighted by Crippen LogP contribution is -2.50. The van der Waals surface area contributed by atoms with Crippen molar-refractivity contribution < 1.29 is 14.0 Å². The SMILES string of the molecule is Cc1ncccc1NC(=O)C1CCCCN1C(=O)c1ccco1. The fourth-order valence-corrected chi connectivity index (χ4v) is 2.82. The van der Waals surface area contributed by atoms with E-state index in [2.05, 4.69) is 10.3 Å². The fourth-order valence-electron chi connectivity index (χ4n) is 2.82. The number of furan rings is 1. The molecule has 3 rings (SSSR count). The van der Waals surface area contributed by atoms with Gasteiger partial charge in [0.05, 0.1) is 17.6 Å². The molecule has 1 saturated heterocycles. The van der Waals surface area contributed by atoms with E-state index in [0.29, 0.717) is 18.7 Å². The minimum Gasteiger partial charge on any atom is -0.459 e. The molecule has 6 heteroatoms. The van der Waals surface area contributed by atoms with Crippen LogP contribution in [0.1, 0.15) is 35.5 Å². The maximum absolute atomic E-state index is 12.6. The van der Waals surface area contributed by atoms with Crippen molar-refractivity contribution in [2.24, 2.45) is 0 Å². The van der Waals surface area contributed by atoms with Crippen molar-refractivity contribution in [1.29, 1.82) is 0 Å². The van der Waals surface area contributed by atoms with Crippen LogP contribution in [0.4, 0.5) is 5.69 Å². The lowest BCUT2D eigenvalue weighted by atomic mass is 10.0. The molecule has 1 unspecified atom stereocenters. The second-order valence-corrected chi connectivity index (χ2v) is 5.61. The van der Waals surface area contributed by atoms with Gasteiger partial charge in [-0.15, -0.1) is 0 Å². The number of piperidine rings is 1. The van der Waals surface area contributed by atoms with Gasteiger partial charge in [0.1, 0.15) is 6.04 Å². The average molecular weight is 313 g/mol. The summed E-state index contributed by atoms with van der Waals surface area (Å²) >= 11 is 0. The molecule has 2 aromatic rings. The molecular formula is C17H19N3O3. The number of amides is 2. The Morgan fingerprint density at radius 2 is 2.17 bits per heavy atom. The maximum Gasteiger partial charge on any atom is 0.290 e. The molecule has 23 heavy (non-hydrogen) atoms. The smallest absolute Gasteiger partial charge is 0.290 e. The summed E-state index contributed by atoms with van der Waals surface area (Å²) in [7, 11) is 0. The highest BCUT2D eigenvalue weighted by Gasteiger charge is 2.33. The van der Waals surface area contributed by atoms with Gasteiger partial charge in [0.25, 0.3) is 5.91 Å². The van der Waals surface area contributed by atoms with Crippen LogP contribution in [-0.2, 0) is 4.79 Å². The summed E-state index contributed by atoms with van der Waals surface area (Å²) in [5, 5.41) is 2.88. The van der Waals surface area contributed by atoms with Gasteiger partial charge < -0.3 is 14.6 Å². The summed E-state index contributed by atoms with van der Waals surface area (Å²) in [4.78, 5) is 30.9. The van der Waals surface area contributed by atoms with Crippen LogP contribution in [0.3, 0.4) is 0 Å². The number of hydrogen-bond acceptors (Lipinski definition) is 4. The quantitative estimate of drug-likeness (QED) is 0.945. The van der Waals surface area contributed by atoms with Crippen molar-refractivity contribution in [3.05, 3.63) is 48.2 Å². The largest absolute Gasteiger partial charge is 0.459 e. The lowest BCUT2D eigenvalue weighted by molar-refractivity contribution is -0.121. The van der Waals surface area contributed by atoms with E-state index in [9.17, 15) is 9.59 Å². The molecule has 1 fully saturated rings. The zero-order valence-electron chi connectivity index (χ0n) is 13.0. The van der Waals surface area contributed by atoms with Crippen molar-refractivity contribution in [3.63, 3.8) is 0 Å². The first-order valence-corrected chi connectivity index (χ1v) is 7.74. The Labute approximate surface area is 134 Å². The zero-order valence-corrected chi connectivity index (χ0v) is 13.0. The predicted octanol–water partition coefficient (Wildman–Crippen LogP) is 2.62. The highest BCUT2D eigenvalue weighted by molar-refractivity contribution is 6.00. The normalized spacial score (nSPS) is 17.8. The number of aryl methyl sites for hydroxylation is 1. The van der Waals surface area contributed by atoms with Crippen LogP contribution in [-0.4, -0.2) is 34.3 Å². The first-order chi connectivity index (χ1) is 11.2. The molecule has 3 heterocycles. The molecular weight excluding hydrogens is 294 g/mol. The Morgan fingerprint density at radius 1 is 1.30 bits per heavy atom. The van der Waals surface area contributed by atoms with Gasteiger partial charge in [0.15, 0.2) is 5.76 Å². The van der Waals surface area contributed by atoms with E-state index in [0.717, 1.165) is 18.5 Å². The molecule has 0 bridgehead atoms. The Hall–Kier alpha value is -2.63. The van der Waals surface area contributed by atoms with Gasteiger partial charge in [-0.1, -0.05) is 0 Å². The molecule has 1 N–H and O–H groups in total. The van der Waals surface area contributed by atoms with E-state index in [-0.39, 0.29) is 17.6 Å². The average Bonchev–Trinajstić information content (AvgIpc) is 3.11. The number of nitrogens with zero attached hydrogens (tertiary/aromatic N) is 2. The molecule has 6 nitrogen and oxygen atoms in total. The molecule has 0 saturated carbocycles. The first-order valence-electron chi connectivity index (χ1n) is 7.74. The topological polar surface area (TPSA) is 75.4 Å². The molecule has 1 aliphatic rings. The van der Waals surface area contributed by atoms with Gasteiger partial charge in [-0.25, -0.2) is 0 Å². The molecule has 2 amide bonds. The van der Waals surface area contributed by atoms with Crippen LogP contribution < -0.4 is 5.32 Å². The first kappa shape index (κ1) is 15.3. The van der Waals surface area contributed by atoms with Gasteiger partial charge in [0, 0.05) is 12.7 Å². The summed E-state index contributed by atoms with van der Waals surface area (Å²) in [6.45, 7) is 2.39. The van der Waals surface area contributed by atoms with Gasteiger partial charge in [-0.3, -0.25) is 14.6 Å². The lowest BCUT2D eigenvalue weighted by Gasteiger charge is -2.34. The second kappa shape index (κ2) is 6.64. The third kappa shape index (κ3) is 3.26. The summed E-state index contributed by atoms with van der Waals surface area (Å²) in [5.41, 5.74) is 1.43. The summed E-state index contributed by atoms with van der Waals surface area (Å²) in [6, 6.07) is 6.39. The van der Waals surface area contributed by atoms with Gasteiger partial charge in [-0.05, 0) is 50.5 Å². The van der Waals surface area contributed by atoms with Crippen LogP contribution in [0.25, 0.3) is 0 Å². The third-order valence-corrected chi connectivity index (χ3v) is 4.06. The van der Waals surface area contributed by atoms with Crippen molar-refractivity contribution in [1.82, 2.24) is 9.88 Å². The number of rotatable bonds is 3. The number of anilines is 1. The molecule has 0 aliphatic carbocycles. The number of aromatic nitrogens is 1. The predicted molar refractivity (Wildman–Crippen MR) is 85.0 cm³/mol. The number of hydrogen-bond donors (Lipinski definition) is 1. The van der Waals surface area contributed by atoms with Gasteiger partial charge >= 0.3 is 0 Å². The number of nitrogens with one attached hydrogen (secondary N) is 1. The molecule has 0 aromatic carbocycles. The number of pyridine rings is 1. The standard InChI is InChI=1S/C17H19N3O3/c1-12-13(6-4-9-18-12)19-16(21)14-7-2-3-10-20(14)17(22)15-8-5-11-23-15/h4-6,8-9,11,14H,2-3,7,10H2,1H3,(H,19,21). The van der Waals surface area contributed by atoms with Crippen molar-refractivity contribution in [3.8, 4) is 0 Å². The zero-order chi connectivity index (χ0) is 16.2. The van der Waals surface area contributed by atoms with Gasteiger partial charge in [-0.2, -0.15) is 0 Å². The Morgan fingerprint density at radius 3 is 2.91 bits per heavy atom. The molecule has 1 aliphatic heterocycles. The molecule has 0 spiro atoms.